The normalized spacial score (nSPS) is 13.8. The quantitative estimate of drug-likeness (QED) is 0.798. The lowest BCUT2D eigenvalue weighted by molar-refractivity contribution is -0.117. The molecule has 88 valence electrons. The Morgan fingerprint density at radius 2 is 2.19 bits per heavy atom. The number of hydrogen-bond donors (Lipinski definition) is 2. The van der Waals surface area contributed by atoms with Crippen LogP contribution in [0.4, 0.5) is 11.4 Å². The van der Waals surface area contributed by atoms with Crippen LogP contribution in [-0.4, -0.2) is 13.0 Å². The zero-order valence-electron chi connectivity index (χ0n) is 9.03. The summed E-state index contributed by atoms with van der Waals surface area (Å²) in [4.78, 5) is 11.5. The van der Waals surface area contributed by atoms with Gasteiger partial charge in [0, 0.05) is 11.6 Å². The minimum atomic E-state index is 0. The molecule has 0 radical (unpaired) electrons. The summed E-state index contributed by atoms with van der Waals surface area (Å²) in [6.07, 6.45) is 1.99. The first kappa shape index (κ1) is 12.6. The fraction of sp³-hybridized carbons (Fsp3) is 0.364. The van der Waals surface area contributed by atoms with Gasteiger partial charge in [0.25, 0.3) is 0 Å². The second kappa shape index (κ2) is 5.07. The van der Waals surface area contributed by atoms with Crippen molar-refractivity contribution in [3.05, 3.63) is 18.2 Å². The van der Waals surface area contributed by atoms with Crippen LogP contribution in [0, 0.1) is 5.92 Å². The van der Waals surface area contributed by atoms with Gasteiger partial charge in [0.2, 0.25) is 5.91 Å². The highest BCUT2D eigenvalue weighted by molar-refractivity contribution is 5.94. The van der Waals surface area contributed by atoms with Crippen molar-refractivity contribution >= 4 is 29.7 Å². The molecule has 1 saturated carbocycles. The molecule has 0 unspecified atom stereocenters. The van der Waals surface area contributed by atoms with Crippen LogP contribution >= 0.6 is 12.4 Å². The van der Waals surface area contributed by atoms with Gasteiger partial charge in [-0.1, -0.05) is 0 Å². The van der Waals surface area contributed by atoms with Crippen LogP contribution in [-0.2, 0) is 4.79 Å². The molecule has 0 aliphatic heterocycles. The molecule has 1 aliphatic rings. The third-order valence-electron chi connectivity index (χ3n) is 2.45. The van der Waals surface area contributed by atoms with E-state index in [0.29, 0.717) is 11.4 Å². The van der Waals surface area contributed by atoms with E-state index in [-0.39, 0.29) is 24.2 Å². The Hall–Kier alpha value is -1.42. The SMILES string of the molecule is COc1ccc(NC(=O)C2CC2)cc1N.Cl. The summed E-state index contributed by atoms with van der Waals surface area (Å²) in [5.74, 6) is 0.910. The molecular formula is C11H15ClN2O2. The lowest BCUT2D eigenvalue weighted by atomic mass is 10.2. The lowest BCUT2D eigenvalue weighted by Crippen LogP contribution is -2.13. The Morgan fingerprint density at radius 1 is 1.50 bits per heavy atom. The molecule has 0 atom stereocenters. The van der Waals surface area contributed by atoms with Gasteiger partial charge in [0.05, 0.1) is 12.8 Å². The van der Waals surface area contributed by atoms with Crippen LogP contribution in [0.3, 0.4) is 0 Å². The summed E-state index contributed by atoms with van der Waals surface area (Å²) in [6.45, 7) is 0. The highest BCUT2D eigenvalue weighted by Gasteiger charge is 2.29. The fourth-order valence-electron chi connectivity index (χ4n) is 1.40. The van der Waals surface area contributed by atoms with E-state index in [1.165, 1.54) is 0 Å². The van der Waals surface area contributed by atoms with Crippen LogP contribution in [0.1, 0.15) is 12.8 Å². The highest BCUT2D eigenvalue weighted by Crippen LogP contribution is 2.31. The zero-order valence-corrected chi connectivity index (χ0v) is 9.84. The molecule has 5 heteroatoms. The molecule has 1 aromatic rings. The number of halogens is 1. The molecule has 1 aromatic carbocycles. The Bertz CT molecular complexity index is 392. The molecule has 1 aliphatic carbocycles. The molecular weight excluding hydrogens is 228 g/mol. The van der Waals surface area contributed by atoms with Crippen molar-refractivity contribution in [2.45, 2.75) is 12.8 Å². The average Bonchev–Trinajstić information content (AvgIpc) is 3.01. The first-order chi connectivity index (χ1) is 7.20. The van der Waals surface area contributed by atoms with Crippen molar-refractivity contribution in [2.75, 3.05) is 18.2 Å². The smallest absolute Gasteiger partial charge is 0.227 e. The van der Waals surface area contributed by atoms with Gasteiger partial charge in [0.15, 0.2) is 0 Å². The molecule has 0 saturated heterocycles. The van der Waals surface area contributed by atoms with Gasteiger partial charge >= 0.3 is 0 Å². The zero-order chi connectivity index (χ0) is 10.8. The summed E-state index contributed by atoms with van der Waals surface area (Å²) in [5, 5.41) is 2.82. The number of nitrogens with two attached hydrogens (primary N) is 1. The molecule has 4 nitrogen and oxygen atoms in total. The average molecular weight is 243 g/mol. The van der Waals surface area contributed by atoms with Crippen LogP contribution in [0.15, 0.2) is 18.2 Å². The third kappa shape index (κ3) is 2.79. The number of nitrogens with one attached hydrogen (secondary N) is 1. The first-order valence-electron chi connectivity index (χ1n) is 4.95. The van der Waals surface area contributed by atoms with E-state index >= 15 is 0 Å². The topological polar surface area (TPSA) is 64.3 Å². The Labute approximate surface area is 101 Å². The minimum Gasteiger partial charge on any atom is -0.495 e. The van der Waals surface area contributed by atoms with Crippen molar-refractivity contribution in [1.29, 1.82) is 0 Å². The molecule has 2 rings (SSSR count). The predicted molar refractivity (Wildman–Crippen MR) is 66.0 cm³/mol. The van der Waals surface area contributed by atoms with Gasteiger partial charge in [0.1, 0.15) is 5.75 Å². The molecule has 3 N–H and O–H groups in total. The maximum atomic E-state index is 11.5. The number of methoxy groups -OCH3 is 1. The van der Waals surface area contributed by atoms with E-state index in [1.807, 2.05) is 0 Å². The van der Waals surface area contributed by atoms with E-state index in [9.17, 15) is 4.79 Å². The number of amides is 1. The Morgan fingerprint density at radius 3 is 2.69 bits per heavy atom. The number of carbonyl (C=O) groups is 1. The third-order valence-corrected chi connectivity index (χ3v) is 2.45. The van der Waals surface area contributed by atoms with E-state index < -0.39 is 0 Å². The van der Waals surface area contributed by atoms with Crippen LogP contribution in [0.25, 0.3) is 0 Å². The maximum Gasteiger partial charge on any atom is 0.227 e. The number of rotatable bonds is 3. The van der Waals surface area contributed by atoms with Crippen molar-refractivity contribution < 1.29 is 9.53 Å². The summed E-state index contributed by atoms with van der Waals surface area (Å²) < 4.78 is 5.03. The van der Waals surface area contributed by atoms with E-state index in [0.717, 1.165) is 18.5 Å². The number of carbonyl (C=O) groups excluding carboxylic acids is 1. The van der Waals surface area contributed by atoms with Crippen molar-refractivity contribution in [2.24, 2.45) is 5.92 Å². The molecule has 16 heavy (non-hydrogen) atoms. The Balaban J connectivity index is 0.00000128. The van der Waals surface area contributed by atoms with Gasteiger partial charge in [-0.05, 0) is 31.0 Å². The number of benzene rings is 1. The van der Waals surface area contributed by atoms with Gasteiger partial charge in [-0.3, -0.25) is 4.79 Å². The van der Waals surface area contributed by atoms with E-state index in [1.54, 1.807) is 25.3 Å². The number of anilines is 2. The molecule has 1 amide bonds. The summed E-state index contributed by atoms with van der Waals surface area (Å²) >= 11 is 0. The lowest BCUT2D eigenvalue weighted by Gasteiger charge is -2.08. The number of hydrogen-bond acceptors (Lipinski definition) is 3. The summed E-state index contributed by atoms with van der Waals surface area (Å²) in [6, 6.07) is 5.24. The largest absolute Gasteiger partial charge is 0.495 e. The Kier molecular flexibility index (Phi) is 4.01. The standard InChI is InChI=1S/C11H14N2O2.ClH/c1-15-10-5-4-8(6-9(10)12)13-11(14)7-2-3-7;/h4-7H,2-3,12H2,1H3,(H,13,14);1H. The second-order valence-corrected chi connectivity index (χ2v) is 3.72. The van der Waals surface area contributed by atoms with Crippen LogP contribution in [0.5, 0.6) is 5.75 Å². The fourth-order valence-corrected chi connectivity index (χ4v) is 1.40. The minimum absolute atomic E-state index is 0. The van der Waals surface area contributed by atoms with Gasteiger partial charge in [-0.25, -0.2) is 0 Å². The predicted octanol–water partition coefficient (Wildman–Crippen LogP) is 2.05. The van der Waals surface area contributed by atoms with Crippen LogP contribution < -0.4 is 15.8 Å². The molecule has 0 spiro atoms. The number of ether oxygens (including phenoxy) is 1. The van der Waals surface area contributed by atoms with Crippen molar-refractivity contribution in [3.8, 4) is 5.75 Å². The van der Waals surface area contributed by atoms with Crippen molar-refractivity contribution in [3.63, 3.8) is 0 Å². The van der Waals surface area contributed by atoms with Crippen LogP contribution in [0.2, 0.25) is 0 Å². The van der Waals surface area contributed by atoms with Gasteiger partial charge in [-0.15, -0.1) is 12.4 Å². The molecule has 1 fully saturated rings. The van der Waals surface area contributed by atoms with Crippen molar-refractivity contribution in [1.82, 2.24) is 0 Å². The van der Waals surface area contributed by atoms with Gasteiger partial charge in [-0.2, -0.15) is 0 Å². The van der Waals surface area contributed by atoms with E-state index in [2.05, 4.69) is 5.32 Å². The first-order valence-corrected chi connectivity index (χ1v) is 4.95. The maximum absolute atomic E-state index is 11.5. The summed E-state index contributed by atoms with van der Waals surface area (Å²) in [5.41, 5.74) is 6.98. The van der Waals surface area contributed by atoms with Gasteiger partial charge < -0.3 is 15.8 Å². The monoisotopic (exact) mass is 242 g/mol. The molecule has 0 bridgehead atoms. The number of nitrogen functional groups attached to an aromatic ring is 1. The van der Waals surface area contributed by atoms with E-state index in [4.69, 9.17) is 10.5 Å². The summed E-state index contributed by atoms with van der Waals surface area (Å²) in [7, 11) is 1.56. The molecule has 0 heterocycles. The molecule has 0 aromatic heterocycles. The second-order valence-electron chi connectivity index (χ2n) is 3.72. The highest BCUT2D eigenvalue weighted by atomic mass is 35.5.